The molecule has 0 bridgehead atoms. The van der Waals surface area contributed by atoms with Crippen LogP contribution in [0.3, 0.4) is 0 Å². The van der Waals surface area contributed by atoms with E-state index in [1.54, 1.807) is 0 Å². The van der Waals surface area contributed by atoms with Crippen LogP contribution in [0.15, 0.2) is 4.99 Å². The van der Waals surface area contributed by atoms with Gasteiger partial charge in [-0.1, -0.05) is 13.3 Å². The number of guanidine groups is 1. The summed E-state index contributed by atoms with van der Waals surface area (Å²) in [5.74, 6) is 1.74. The Morgan fingerprint density at radius 3 is 2.54 bits per heavy atom. The highest BCUT2D eigenvalue weighted by molar-refractivity contribution is 14.0. The van der Waals surface area contributed by atoms with Crippen molar-refractivity contribution in [2.24, 2.45) is 10.9 Å². The molecule has 0 aromatic rings. The Balaban J connectivity index is 0.00000243. The van der Waals surface area contributed by atoms with Crippen molar-refractivity contribution < 1.29 is 4.74 Å². The smallest absolute Gasteiger partial charge is 0.193 e. The zero-order valence-corrected chi connectivity index (χ0v) is 19.0. The first-order valence-corrected chi connectivity index (χ1v) is 10.3. The lowest BCUT2D eigenvalue weighted by Gasteiger charge is -2.32. The highest BCUT2D eigenvalue weighted by Gasteiger charge is 2.30. The fraction of sp³-hybridized carbons (Fsp3) is 0.947. The molecule has 0 radical (unpaired) electrons. The highest BCUT2D eigenvalue weighted by atomic mass is 127. The Hall–Kier alpha value is -0.120. The van der Waals surface area contributed by atoms with Gasteiger partial charge in [0.1, 0.15) is 0 Å². The quantitative estimate of drug-likeness (QED) is 0.370. The van der Waals surface area contributed by atoms with Crippen LogP contribution < -0.4 is 5.32 Å². The first-order valence-electron chi connectivity index (χ1n) is 10.3. The maximum Gasteiger partial charge on any atom is 0.193 e. The van der Waals surface area contributed by atoms with E-state index in [9.17, 15) is 0 Å². The van der Waals surface area contributed by atoms with Crippen LogP contribution in [0.25, 0.3) is 0 Å². The van der Waals surface area contributed by atoms with Crippen LogP contribution in [-0.2, 0) is 4.74 Å². The molecule has 3 rings (SSSR count). The number of hydrogen-bond acceptors (Lipinski definition) is 4. The van der Waals surface area contributed by atoms with Gasteiger partial charge in [0, 0.05) is 52.4 Å². The third kappa shape index (κ3) is 6.49. The number of ether oxygens (including phenoxy) is 1. The summed E-state index contributed by atoms with van der Waals surface area (Å²) in [5.41, 5.74) is 0. The van der Waals surface area contributed by atoms with Gasteiger partial charge >= 0.3 is 0 Å². The molecule has 0 amide bonds. The van der Waals surface area contributed by atoms with Crippen LogP contribution in [0.4, 0.5) is 0 Å². The predicted octanol–water partition coefficient (Wildman–Crippen LogP) is 1.71. The van der Waals surface area contributed by atoms with Crippen molar-refractivity contribution in [2.75, 3.05) is 72.6 Å². The number of nitrogens with zero attached hydrogens (tertiary/aromatic N) is 4. The molecule has 3 saturated heterocycles. The van der Waals surface area contributed by atoms with E-state index in [2.05, 4.69) is 31.9 Å². The standard InChI is InChI=1S/C19H37N5O.HI/c1-17(15-22-7-4-3-5-8-22)14-21-19(20-2)24-9-6-18(16-24)23-10-12-25-13-11-23;/h17-18H,3-16H2,1-2H3,(H,20,21);1H. The lowest BCUT2D eigenvalue weighted by Crippen LogP contribution is -2.47. The fourth-order valence-corrected chi connectivity index (χ4v) is 4.42. The van der Waals surface area contributed by atoms with Gasteiger partial charge in [0.25, 0.3) is 0 Å². The minimum atomic E-state index is 0. The zero-order chi connectivity index (χ0) is 17.5. The molecule has 2 atom stereocenters. The summed E-state index contributed by atoms with van der Waals surface area (Å²) in [6.45, 7) is 13.3. The lowest BCUT2D eigenvalue weighted by molar-refractivity contribution is 0.0195. The van der Waals surface area contributed by atoms with E-state index in [-0.39, 0.29) is 24.0 Å². The van der Waals surface area contributed by atoms with Crippen LogP contribution in [0.5, 0.6) is 0 Å². The normalized spacial score (nSPS) is 27.2. The number of nitrogens with one attached hydrogen (secondary N) is 1. The Bertz CT molecular complexity index is 424. The van der Waals surface area contributed by atoms with E-state index in [1.165, 1.54) is 45.3 Å². The topological polar surface area (TPSA) is 43.3 Å². The summed E-state index contributed by atoms with van der Waals surface area (Å²) >= 11 is 0. The molecule has 152 valence electrons. The highest BCUT2D eigenvalue weighted by Crippen LogP contribution is 2.17. The van der Waals surface area contributed by atoms with E-state index in [0.29, 0.717) is 12.0 Å². The van der Waals surface area contributed by atoms with Crippen molar-refractivity contribution in [3.05, 3.63) is 0 Å². The second-order valence-electron chi connectivity index (χ2n) is 7.93. The van der Waals surface area contributed by atoms with Crippen LogP contribution >= 0.6 is 24.0 Å². The maximum atomic E-state index is 5.49. The van der Waals surface area contributed by atoms with Gasteiger partial charge in [-0.2, -0.15) is 0 Å². The van der Waals surface area contributed by atoms with Crippen molar-refractivity contribution in [1.82, 2.24) is 20.0 Å². The Morgan fingerprint density at radius 2 is 1.85 bits per heavy atom. The second-order valence-corrected chi connectivity index (χ2v) is 7.93. The Morgan fingerprint density at radius 1 is 1.12 bits per heavy atom. The lowest BCUT2D eigenvalue weighted by atomic mass is 10.1. The molecule has 0 spiro atoms. The van der Waals surface area contributed by atoms with E-state index in [4.69, 9.17) is 4.74 Å². The number of likely N-dealkylation sites (tertiary alicyclic amines) is 2. The van der Waals surface area contributed by atoms with Gasteiger partial charge in [-0.15, -0.1) is 24.0 Å². The van der Waals surface area contributed by atoms with E-state index < -0.39 is 0 Å². The van der Waals surface area contributed by atoms with Gasteiger partial charge in [0.15, 0.2) is 5.96 Å². The maximum absolute atomic E-state index is 5.49. The summed E-state index contributed by atoms with van der Waals surface area (Å²) in [6.07, 6.45) is 5.40. The van der Waals surface area contributed by atoms with Gasteiger partial charge in [-0.25, -0.2) is 0 Å². The van der Waals surface area contributed by atoms with E-state index in [0.717, 1.165) is 51.9 Å². The third-order valence-corrected chi connectivity index (χ3v) is 5.86. The van der Waals surface area contributed by atoms with Gasteiger partial charge in [0.2, 0.25) is 0 Å². The molecule has 7 heteroatoms. The van der Waals surface area contributed by atoms with Crippen LogP contribution in [-0.4, -0.2) is 99.3 Å². The number of piperidine rings is 1. The average molecular weight is 479 g/mol. The molecule has 0 aromatic carbocycles. The minimum absolute atomic E-state index is 0. The molecular formula is C19H38IN5O. The minimum Gasteiger partial charge on any atom is -0.379 e. The Labute approximate surface area is 176 Å². The summed E-state index contributed by atoms with van der Waals surface area (Å²) in [4.78, 5) is 12.2. The summed E-state index contributed by atoms with van der Waals surface area (Å²) in [6, 6.07) is 0.660. The SMILES string of the molecule is CN=C(NCC(C)CN1CCCCC1)N1CCC(N2CCOCC2)C1.I. The van der Waals surface area contributed by atoms with Crippen molar-refractivity contribution in [2.45, 2.75) is 38.6 Å². The first kappa shape index (κ1) is 22.2. The van der Waals surface area contributed by atoms with Crippen molar-refractivity contribution >= 4 is 29.9 Å². The van der Waals surface area contributed by atoms with E-state index in [1.807, 2.05) is 7.05 Å². The van der Waals surface area contributed by atoms with Crippen molar-refractivity contribution in [3.8, 4) is 0 Å². The monoisotopic (exact) mass is 479 g/mol. The molecule has 0 aliphatic carbocycles. The first-order chi connectivity index (χ1) is 12.3. The predicted molar refractivity (Wildman–Crippen MR) is 119 cm³/mol. The molecule has 3 heterocycles. The molecule has 26 heavy (non-hydrogen) atoms. The number of aliphatic imine (C=N–C) groups is 1. The fourth-order valence-electron chi connectivity index (χ4n) is 4.42. The van der Waals surface area contributed by atoms with Crippen molar-refractivity contribution in [3.63, 3.8) is 0 Å². The van der Waals surface area contributed by atoms with Gasteiger partial charge in [-0.3, -0.25) is 9.89 Å². The van der Waals surface area contributed by atoms with Crippen LogP contribution in [0, 0.1) is 5.92 Å². The molecule has 0 saturated carbocycles. The molecule has 1 N–H and O–H groups in total. The third-order valence-electron chi connectivity index (χ3n) is 5.86. The van der Waals surface area contributed by atoms with Gasteiger partial charge < -0.3 is 19.9 Å². The van der Waals surface area contributed by atoms with Gasteiger partial charge in [-0.05, 0) is 38.3 Å². The number of rotatable bonds is 5. The molecule has 6 nitrogen and oxygen atoms in total. The Kier molecular flexibility index (Phi) is 9.94. The average Bonchev–Trinajstić information content (AvgIpc) is 3.14. The summed E-state index contributed by atoms with van der Waals surface area (Å²) in [7, 11) is 1.92. The molecule has 3 aliphatic rings. The molecular weight excluding hydrogens is 441 g/mol. The number of hydrogen-bond donors (Lipinski definition) is 1. The van der Waals surface area contributed by atoms with E-state index >= 15 is 0 Å². The molecule has 3 aliphatic heterocycles. The van der Waals surface area contributed by atoms with Crippen LogP contribution in [0.1, 0.15) is 32.6 Å². The number of morpholine rings is 1. The van der Waals surface area contributed by atoms with Crippen molar-refractivity contribution in [1.29, 1.82) is 0 Å². The summed E-state index contributed by atoms with van der Waals surface area (Å²) in [5, 5.41) is 3.63. The summed E-state index contributed by atoms with van der Waals surface area (Å²) < 4.78 is 5.49. The van der Waals surface area contributed by atoms with Crippen LogP contribution in [0.2, 0.25) is 0 Å². The number of halogens is 1. The molecule has 2 unspecified atom stereocenters. The van der Waals surface area contributed by atoms with Gasteiger partial charge in [0.05, 0.1) is 13.2 Å². The molecule has 3 fully saturated rings. The zero-order valence-electron chi connectivity index (χ0n) is 16.7. The largest absolute Gasteiger partial charge is 0.379 e. The second kappa shape index (κ2) is 11.7. The molecule has 0 aromatic heterocycles.